The molecule has 2 fully saturated rings. The first-order valence-electron chi connectivity index (χ1n) is 10.2. The van der Waals surface area contributed by atoms with E-state index in [1.807, 2.05) is 37.8 Å². The SMILES string of the molecule is Cc1cc(C)c(NC(=O)CN(C)C(=O)[C@@H]2CC(=O)N(C3CCCC3)C2)c(C)c1. The Kier molecular flexibility index (Phi) is 6.06. The van der Waals surface area contributed by atoms with Gasteiger partial charge in [-0.05, 0) is 44.7 Å². The molecule has 0 spiro atoms. The van der Waals surface area contributed by atoms with Crippen LogP contribution < -0.4 is 5.32 Å². The van der Waals surface area contributed by atoms with Gasteiger partial charge in [-0.15, -0.1) is 0 Å². The van der Waals surface area contributed by atoms with Crippen LogP contribution in [0.25, 0.3) is 0 Å². The van der Waals surface area contributed by atoms with Crippen molar-refractivity contribution in [2.45, 2.75) is 58.9 Å². The van der Waals surface area contributed by atoms with E-state index >= 15 is 0 Å². The molecule has 1 aromatic carbocycles. The number of hydrogen-bond donors (Lipinski definition) is 1. The van der Waals surface area contributed by atoms with Crippen LogP contribution in [0.15, 0.2) is 12.1 Å². The van der Waals surface area contributed by atoms with Crippen molar-refractivity contribution in [3.63, 3.8) is 0 Å². The molecule has 2 aliphatic rings. The van der Waals surface area contributed by atoms with Gasteiger partial charge in [0.2, 0.25) is 17.7 Å². The first-order chi connectivity index (χ1) is 13.3. The average Bonchev–Trinajstić information content (AvgIpc) is 3.26. The van der Waals surface area contributed by atoms with Gasteiger partial charge in [-0.1, -0.05) is 30.5 Å². The van der Waals surface area contributed by atoms with Crippen LogP contribution in [0.3, 0.4) is 0 Å². The molecule has 152 valence electrons. The van der Waals surface area contributed by atoms with Gasteiger partial charge >= 0.3 is 0 Å². The zero-order valence-corrected chi connectivity index (χ0v) is 17.4. The number of carbonyl (C=O) groups is 3. The summed E-state index contributed by atoms with van der Waals surface area (Å²) in [6.07, 6.45) is 4.66. The fourth-order valence-electron chi connectivity index (χ4n) is 4.63. The topological polar surface area (TPSA) is 69.7 Å². The lowest BCUT2D eigenvalue weighted by atomic mass is 10.0. The lowest BCUT2D eigenvalue weighted by Gasteiger charge is -2.25. The summed E-state index contributed by atoms with van der Waals surface area (Å²) in [4.78, 5) is 41.0. The zero-order chi connectivity index (χ0) is 20.4. The molecule has 1 aliphatic heterocycles. The Balaban J connectivity index is 1.57. The number of rotatable bonds is 5. The van der Waals surface area contributed by atoms with Gasteiger partial charge in [0.25, 0.3) is 0 Å². The predicted octanol–water partition coefficient (Wildman–Crippen LogP) is 2.80. The van der Waals surface area contributed by atoms with Crippen LogP contribution in [-0.2, 0) is 14.4 Å². The summed E-state index contributed by atoms with van der Waals surface area (Å²) in [6.45, 7) is 6.43. The molecular weight excluding hydrogens is 354 g/mol. The van der Waals surface area contributed by atoms with E-state index in [2.05, 4.69) is 5.32 Å². The fraction of sp³-hybridized carbons (Fsp3) is 0.591. The lowest BCUT2D eigenvalue weighted by Crippen LogP contribution is -2.40. The maximum absolute atomic E-state index is 12.8. The van der Waals surface area contributed by atoms with Gasteiger partial charge in [0.15, 0.2) is 0 Å². The second-order valence-electron chi connectivity index (χ2n) is 8.40. The molecular formula is C22H31N3O3. The Bertz CT molecular complexity index is 760. The Labute approximate surface area is 167 Å². The van der Waals surface area contributed by atoms with Gasteiger partial charge in [0.1, 0.15) is 0 Å². The van der Waals surface area contributed by atoms with Gasteiger partial charge < -0.3 is 15.1 Å². The number of nitrogens with zero attached hydrogens (tertiary/aromatic N) is 2. The second-order valence-corrected chi connectivity index (χ2v) is 8.40. The number of nitrogens with one attached hydrogen (secondary N) is 1. The van der Waals surface area contributed by atoms with E-state index in [4.69, 9.17) is 0 Å². The summed E-state index contributed by atoms with van der Waals surface area (Å²) in [6, 6.07) is 4.35. The number of aryl methyl sites for hydroxylation is 3. The van der Waals surface area contributed by atoms with Crippen molar-refractivity contribution in [2.75, 3.05) is 25.5 Å². The largest absolute Gasteiger partial charge is 0.339 e. The summed E-state index contributed by atoms with van der Waals surface area (Å²) in [5.41, 5.74) is 3.97. The predicted molar refractivity (Wildman–Crippen MR) is 109 cm³/mol. The molecule has 1 N–H and O–H groups in total. The van der Waals surface area contributed by atoms with Crippen LogP contribution in [-0.4, -0.2) is 53.7 Å². The van der Waals surface area contributed by atoms with E-state index in [0.29, 0.717) is 12.6 Å². The van der Waals surface area contributed by atoms with Crippen molar-refractivity contribution < 1.29 is 14.4 Å². The first kappa shape index (κ1) is 20.4. The van der Waals surface area contributed by atoms with E-state index in [-0.39, 0.29) is 36.6 Å². The second kappa shape index (κ2) is 8.33. The minimum atomic E-state index is -0.339. The average molecular weight is 386 g/mol. The van der Waals surface area contributed by atoms with Crippen LogP contribution in [0.2, 0.25) is 0 Å². The van der Waals surface area contributed by atoms with E-state index in [9.17, 15) is 14.4 Å². The van der Waals surface area contributed by atoms with Crippen molar-refractivity contribution in [1.82, 2.24) is 9.80 Å². The molecule has 1 aliphatic carbocycles. The van der Waals surface area contributed by atoms with E-state index in [0.717, 1.165) is 48.1 Å². The maximum atomic E-state index is 12.8. The maximum Gasteiger partial charge on any atom is 0.243 e. The molecule has 6 nitrogen and oxygen atoms in total. The minimum Gasteiger partial charge on any atom is -0.339 e. The number of amides is 3. The summed E-state index contributed by atoms with van der Waals surface area (Å²) < 4.78 is 0. The highest BCUT2D eigenvalue weighted by Crippen LogP contribution is 2.30. The van der Waals surface area contributed by atoms with Crippen LogP contribution in [0, 0.1) is 26.7 Å². The van der Waals surface area contributed by atoms with Crippen molar-refractivity contribution in [2.24, 2.45) is 5.92 Å². The fourth-order valence-corrected chi connectivity index (χ4v) is 4.63. The van der Waals surface area contributed by atoms with Crippen molar-refractivity contribution in [1.29, 1.82) is 0 Å². The molecule has 1 saturated heterocycles. The van der Waals surface area contributed by atoms with Crippen LogP contribution >= 0.6 is 0 Å². The zero-order valence-electron chi connectivity index (χ0n) is 17.4. The Morgan fingerprint density at radius 2 is 1.75 bits per heavy atom. The first-order valence-corrected chi connectivity index (χ1v) is 10.2. The minimum absolute atomic E-state index is 0.0142. The van der Waals surface area contributed by atoms with Crippen molar-refractivity contribution >= 4 is 23.4 Å². The third kappa shape index (κ3) is 4.37. The number of benzene rings is 1. The third-order valence-electron chi connectivity index (χ3n) is 5.97. The number of likely N-dealkylation sites (tertiary alicyclic amines) is 1. The number of likely N-dealkylation sites (N-methyl/N-ethyl adjacent to an activating group) is 1. The third-order valence-corrected chi connectivity index (χ3v) is 5.97. The number of carbonyl (C=O) groups excluding carboxylic acids is 3. The molecule has 3 amide bonds. The monoisotopic (exact) mass is 385 g/mol. The van der Waals surface area contributed by atoms with Crippen LogP contribution in [0.5, 0.6) is 0 Å². The summed E-state index contributed by atoms with van der Waals surface area (Å²) in [7, 11) is 1.64. The highest BCUT2D eigenvalue weighted by atomic mass is 16.2. The molecule has 1 aromatic rings. The Hall–Kier alpha value is -2.37. The summed E-state index contributed by atoms with van der Waals surface area (Å²) in [5, 5.41) is 2.93. The smallest absolute Gasteiger partial charge is 0.243 e. The van der Waals surface area contributed by atoms with E-state index < -0.39 is 0 Å². The summed E-state index contributed by atoms with van der Waals surface area (Å²) in [5.74, 6) is -0.605. The van der Waals surface area contributed by atoms with Gasteiger partial charge in [0.05, 0.1) is 12.5 Å². The summed E-state index contributed by atoms with van der Waals surface area (Å²) >= 11 is 0. The standard InChI is InChI=1S/C22H31N3O3/c1-14-9-15(2)21(16(3)10-14)23-19(26)13-24(4)22(28)17-11-20(27)25(12-17)18-7-5-6-8-18/h9-10,17-18H,5-8,11-13H2,1-4H3,(H,23,26)/t17-/m1/s1. The van der Waals surface area contributed by atoms with Gasteiger partial charge in [-0.25, -0.2) is 0 Å². The van der Waals surface area contributed by atoms with E-state index in [1.165, 1.54) is 4.90 Å². The van der Waals surface area contributed by atoms with Gasteiger partial charge in [-0.3, -0.25) is 14.4 Å². The van der Waals surface area contributed by atoms with E-state index in [1.54, 1.807) is 7.05 Å². The molecule has 0 unspecified atom stereocenters. The molecule has 0 bridgehead atoms. The lowest BCUT2D eigenvalue weighted by molar-refractivity contribution is -0.137. The number of hydrogen-bond acceptors (Lipinski definition) is 3. The molecule has 1 saturated carbocycles. The molecule has 6 heteroatoms. The molecule has 28 heavy (non-hydrogen) atoms. The van der Waals surface area contributed by atoms with Crippen molar-refractivity contribution in [3.8, 4) is 0 Å². The van der Waals surface area contributed by atoms with Crippen LogP contribution in [0.4, 0.5) is 5.69 Å². The Morgan fingerprint density at radius 3 is 2.36 bits per heavy atom. The quantitative estimate of drug-likeness (QED) is 0.847. The molecule has 3 rings (SSSR count). The molecule has 1 atom stereocenters. The highest BCUT2D eigenvalue weighted by Gasteiger charge is 2.39. The van der Waals surface area contributed by atoms with Crippen LogP contribution in [0.1, 0.15) is 48.8 Å². The molecule has 0 radical (unpaired) electrons. The molecule has 0 aromatic heterocycles. The van der Waals surface area contributed by atoms with Gasteiger partial charge in [-0.2, -0.15) is 0 Å². The Morgan fingerprint density at radius 1 is 1.14 bits per heavy atom. The highest BCUT2D eigenvalue weighted by molar-refractivity contribution is 5.97. The normalized spacial score (nSPS) is 19.9. The number of anilines is 1. The molecule has 1 heterocycles. The van der Waals surface area contributed by atoms with Gasteiger partial charge in [0, 0.05) is 31.7 Å². The van der Waals surface area contributed by atoms with Crippen molar-refractivity contribution in [3.05, 3.63) is 28.8 Å².